The van der Waals surface area contributed by atoms with Gasteiger partial charge >= 0.3 is 0 Å². The lowest BCUT2D eigenvalue weighted by Crippen LogP contribution is -2.00. The number of aromatic nitrogens is 3. The molecule has 0 saturated heterocycles. The van der Waals surface area contributed by atoms with Gasteiger partial charge in [0.1, 0.15) is 0 Å². The molecule has 8 rings (SSSR count). The monoisotopic (exact) mass is 601 g/mol. The minimum absolute atomic E-state index is 0.646. The quantitative estimate of drug-likeness (QED) is 0.190. The molecular formula is C44H31N3. The van der Waals surface area contributed by atoms with Gasteiger partial charge in [-0.25, -0.2) is 15.0 Å². The molecule has 3 heteroatoms. The first-order valence-corrected chi connectivity index (χ1v) is 15.9. The van der Waals surface area contributed by atoms with Crippen molar-refractivity contribution in [2.45, 2.75) is 6.92 Å². The summed E-state index contributed by atoms with van der Waals surface area (Å²) in [5.74, 6) is 1.94. The number of benzene rings is 7. The van der Waals surface area contributed by atoms with Crippen molar-refractivity contribution in [3.05, 3.63) is 175 Å². The molecule has 7 aromatic carbocycles. The van der Waals surface area contributed by atoms with E-state index in [1.807, 2.05) is 12.1 Å². The van der Waals surface area contributed by atoms with Crippen molar-refractivity contribution in [3.63, 3.8) is 0 Å². The van der Waals surface area contributed by atoms with E-state index < -0.39 is 0 Å². The van der Waals surface area contributed by atoms with Crippen LogP contribution in [-0.2, 0) is 0 Å². The fourth-order valence-electron chi connectivity index (χ4n) is 6.21. The lowest BCUT2D eigenvalue weighted by atomic mass is 9.94. The maximum absolute atomic E-state index is 5.04. The molecular weight excluding hydrogens is 571 g/mol. The molecule has 0 saturated carbocycles. The molecule has 1 aromatic heterocycles. The van der Waals surface area contributed by atoms with Crippen molar-refractivity contribution in [1.82, 2.24) is 15.0 Å². The summed E-state index contributed by atoms with van der Waals surface area (Å²) < 4.78 is 0. The zero-order valence-electron chi connectivity index (χ0n) is 26.0. The van der Waals surface area contributed by atoms with Gasteiger partial charge in [-0.2, -0.15) is 0 Å². The number of nitrogens with zero attached hydrogens (tertiary/aromatic N) is 3. The first-order chi connectivity index (χ1) is 23.2. The Bertz CT molecular complexity index is 2220. The highest BCUT2D eigenvalue weighted by atomic mass is 15.0. The van der Waals surface area contributed by atoms with Gasteiger partial charge in [0.2, 0.25) is 0 Å². The van der Waals surface area contributed by atoms with Gasteiger partial charge in [0.25, 0.3) is 0 Å². The van der Waals surface area contributed by atoms with Gasteiger partial charge in [0.05, 0.1) is 0 Å². The van der Waals surface area contributed by atoms with E-state index in [-0.39, 0.29) is 0 Å². The smallest absolute Gasteiger partial charge is 0.164 e. The minimum Gasteiger partial charge on any atom is -0.208 e. The van der Waals surface area contributed by atoms with Gasteiger partial charge in [-0.3, -0.25) is 0 Å². The maximum Gasteiger partial charge on any atom is 0.164 e. The molecule has 1 heterocycles. The van der Waals surface area contributed by atoms with Crippen LogP contribution in [-0.4, -0.2) is 15.0 Å². The van der Waals surface area contributed by atoms with Crippen LogP contribution in [0, 0.1) is 6.92 Å². The zero-order valence-corrected chi connectivity index (χ0v) is 26.0. The molecule has 0 bridgehead atoms. The Morgan fingerprint density at radius 2 is 0.745 bits per heavy atom. The molecule has 222 valence electrons. The van der Waals surface area contributed by atoms with Crippen LogP contribution >= 0.6 is 0 Å². The van der Waals surface area contributed by atoms with E-state index in [9.17, 15) is 0 Å². The molecule has 0 unspecified atom stereocenters. The highest BCUT2D eigenvalue weighted by Gasteiger charge is 2.15. The second kappa shape index (κ2) is 12.3. The number of aryl methyl sites for hydroxylation is 1. The Balaban J connectivity index is 1.22. The van der Waals surface area contributed by atoms with Crippen LogP contribution in [0.5, 0.6) is 0 Å². The lowest BCUT2D eigenvalue weighted by Gasteiger charge is -2.13. The third-order valence-corrected chi connectivity index (χ3v) is 8.70. The van der Waals surface area contributed by atoms with E-state index in [1.165, 1.54) is 38.6 Å². The predicted octanol–water partition coefficient (Wildman–Crippen LogP) is 11.3. The second-order valence-corrected chi connectivity index (χ2v) is 11.7. The first-order valence-electron chi connectivity index (χ1n) is 15.9. The zero-order chi connectivity index (χ0) is 31.6. The Morgan fingerprint density at radius 1 is 0.319 bits per heavy atom. The van der Waals surface area contributed by atoms with E-state index in [4.69, 9.17) is 15.0 Å². The molecule has 0 atom stereocenters. The summed E-state index contributed by atoms with van der Waals surface area (Å²) in [7, 11) is 0. The Kier molecular flexibility index (Phi) is 7.41. The summed E-state index contributed by atoms with van der Waals surface area (Å²) >= 11 is 0. The Morgan fingerprint density at radius 3 is 1.30 bits per heavy atom. The highest BCUT2D eigenvalue weighted by molar-refractivity contribution is 5.97. The van der Waals surface area contributed by atoms with Crippen LogP contribution in [0.3, 0.4) is 0 Å². The fourth-order valence-corrected chi connectivity index (χ4v) is 6.21. The average molecular weight is 602 g/mol. The van der Waals surface area contributed by atoms with Crippen molar-refractivity contribution in [3.8, 4) is 67.5 Å². The molecule has 0 amide bonds. The van der Waals surface area contributed by atoms with Gasteiger partial charge in [0.15, 0.2) is 17.5 Å². The molecule has 0 aliphatic carbocycles. The second-order valence-electron chi connectivity index (χ2n) is 11.7. The first kappa shape index (κ1) is 28.3. The Labute approximate surface area is 274 Å². The van der Waals surface area contributed by atoms with Crippen LogP contribution in [0.4, 0.5) is 0 Å². The Hall–Kier alpha value is -6.19. The fraction of sp³-hybridized carbons (Fsp3) is 0.0227. The van der Waals surface area contributed by atoms with Gasteiger partial charge < -0.3 is 0 Å². The molecule has 0 fully saturated rings. The molecule has 0 aliphatic heterocycles. The topological polar surface area (TPSA) is 38.7 Å². The number of hydrogen-bond acceptors (Lipinski definition) is 3. The van der Waals surface area contributed by atoms with Crippen LogP contribution in [0.1, 0.15) is 5.56 Å². The average Bonchev–Trinajstić information content (AvgIpc) is 3.15. The molecule has 8 aromatic rings. The number of rotatable bonds is 6. The largest absolute Gasteiger partial charge is 0.208 e. The summed E-state index contributed by atoms with van der Waals surface area (Å²) in [6.45, 7) is 2.16. The van der Waals surface area contributed by atoms with E-state index in [2.05, 4.69) is 165 Å². The standard InChI is InChI=1S/C44H31N3/c1-30-29-38(27-28-39(30)41-18-10-16-35-15-8-9-17-40(35)41)44-46-42(36-23-19-33(20-24-36)31-11-4-2-5-12-31)45-43(47-44)37-25-21-34(22-26-37)32-13-6-3-7-14-32/h2-29H,1H3. The molecule has 3 nitrogen and oxygen atoms in total. The lowest BCUT2D eigenvalue weighted by molar-refractivity contribution is 1.07. The number of fused-ring (bicyclic) bond motifs is 1. The van der Waals surface area contributed by atoms with Crippen LogP contribution < -0.4 is 0 Å². The highest BCUT2D eigenvalue weighted by Crippen LogP contribution is 2.34. The van der Waals surface area contributed by atoms with Crippen LogP contribution in [0.15, 0.2) is 170 Å². The molecule has 0 spiro atoms. The molecule has 47 heavy (non-hydrogen) atoms. The van der Waals surface area contributed by atoms with Crippen molar-refractivity contribution in [1.29, 1.82) is 0 Å². The van der Waals surface area contributed by atoms with E-state index in [0.717, 1.165) is 27.8 Å². The van der Waals surface area contributed by atoms with Gasteiger partial charge in [-0.1, -0.05) is 164 Å². The summed E-state index contributed by atoms with van der Waals surface area (Å²) in [4.78, 5) is 15.1. The summed E-state index contributed by atoms with van der Waals surface area (Å²) in [6, 6.07) is 59.2. The van der Waals surface area contributed by atoms with Gasteiger partial charge in [-0.05, 0) is 62.7 Å². The summed E-state index contributed by atoms with van der Waals surface area (Å²) in [5, 5.41) is 2.48. The van der Waals surface area contributed by atoms with Crippen LogP contribution in [0.25, 0.3) is 78.3 Å². The van der Waals surface area contributed by atoms with Crippen LogP contribution in [0.2, 0.25) is 0 Å². The maximum atomic E-state index is 5.04. The summed E-state index contributed by atoms with van der Waals surface area (Å²) in [5.41, 5.74) is 11.1. The van der Waals surface area contributed by atoms with E-state index in [1.54, 1.807) is 0 Å². The number of hydrogen-bond donors (Lipinski definition) is 0. The molecule has 0 radical (unpaired) electrons. The van der Waals surface area contributed by atoms with Gasteiger partial charge in [0, 0.05) is 16.7 Å². The minimum atomic E-state index is 0.646. The normalized spacial score (nSPS) is 11.1. The van der Waals surface area contributed by atoms with Gasteiger partial charge in [-0.15, -0.1) is 0 Å². The summed E-state index contributed by atoms with van der Waals surface area (Å²) in [6.07, 6.45) is 0. The molecule has 0 aliphatic rings. The van der Waals surface area contributed by atoms with E-state index >= 15 is 0 Å². The van der Waals surface area contributed by atoms with Crippen molar-refractivity contribution in [2.24, 2.45) is 0 Å². The van der Waals surface area contributed by atoms with Crippen molar-refractivity contribution >= 4 is 10.8 Å². The van der Waals surface area contributed by atoms with Crippen molar-refractivity contribution < 1.29 is 0 Å². The molecule has 0 N–H and O–H groups in total. The third kappa shape index (κ3) is 5.71. The predicted molar refractivity (Wildman–Crippen MR) is 195 cm³/mol. The van der Waals surface area contributed by atoms with E-state index in [0.29, 0.717) is 17.5 Å². The van der Waals surface area contributed by atoms with Crippen molar-refractivity contribution in [2.75, 3.05) is 0 Å². The third-order valence-electron chi connectivity index (χ3n) is 8.70. The SMILES string of the molecule is Cc1cc(-c2nc(-c3ccc(-c4ccccc4)cc3)nc(-c3ccc(-c4ccccc4)cc3)n2)ccc1-c1cccc2ccccc12.